The van der Waals surface area contributed by atoms with E-state index in [1.54, 1.807) is 31.2 Å². The van der Waals surface area contributed by atoms with Gasteiger partial charge in [0.05, 0.1) is 24.1 Å². The summed E-state index contributed by atoms with van der Waals surface area (Å²) in [5.74, 6) is 0. The summed E-state index contributed by atoms with van der Waals surface area (Å²) in [5, 5.41) is 7.93. The summed E-state index contributed by atoms with van der Waals surface area (Å²) in [7, 11) is 2.91. The van der Waals surface area contributed by atoms with Gasteiger partial charge in [0.2, 0.25) is 0 Å². The second-order valence-electron chi connectivity index (χ2n) is 6.39. The molecule has 10 heteroatoms. The van der Waals surface area contributed by atoms with Gasteiger partial charge < -0.3 is 9.57 Å². The monoisotopic (exact) mass is 420 g/mol. The summed E-state index contributed by atoms with van der Waals surface area (Å²) >= 11 is 0. The van der Waals surface area contributed by atoms with Crippen LogP contribution in [0.3, 0.4) is 0 Å². The van der Waals surface area contributed by atoms with Crippen molar-refractivity contribution in [2.75, 3.05) is 7.11 Å². The highest BCUT2D eigenvalue weighted by Crippen LogP contribution is 2.29. The molecule has 3 rings (SSSR count). The quantitative estimate of drug-likeness (QED) is 0.452. The fraction of sp³-hybridized carbons (Fsp3) is 0.250. The number of nitrogens with zero attached hydrogens (tertiary/aromatic N) is 4. The minimum atomic E-state index is -4.44. The van der Waals surface area contributed by atoms with E-state index in [9.17, 15) is 18.0 Å². The number of para-hydroxylation sites is 1. The molecule has 0 radical (unpaired) electrons. The molecule has 0 unspecified atom stereocenters. The van der Waals surface area contributed by atoms with Crippen molar-refractivity contribution < 1.29 is 22.7 Å². The van der Waals surface area contributed by atoms with E-state index in [1.807, 2.05) is 0 Å². The van der Waals surface area contributed by atoms with Crippen LogP contribution in [0.25, 0.3) is 5.69 Å². The Morgan fingerprint density at radius 2 is 1.90 bits per heavy atom. The molecule has 7 nitrogen and oxygen atoms in total. The van der Waals surface area contributed by atoms with Crippen LogP contribution in [0.15, 0.2) is 58.5 Å². The van der Waals surface area contributed by atoms with Crippen LogP contribution in [0, 0.1) is 0 Å². The number of halogens is 3. The number of ether oxygens (including phenoxy) is 1. The summed E-state index contributed by atoms with van der Waals surface area (Å²) in [5.41, 5.74) is 0.537. The Hall–Kier alpha value is -3.56. The van der Waals surface area contributed by atoms with Crippen molar-refractivity contribution in [2.45, 2.75) is 19.7 Å². The molecule has 1 aromatic heterocycles. The minimum Gasteiger partial charge on any atom is -0.467 e. The van der Waals surface area contributed by atoms with Gasteiger partial charge in [-0.25, -0.2) is 14.0 Å². The van der Waals surface area contributed by atoms with Gasteiger partial charge in [-0.15, -0.1) is 5.10 Å². The van der Waals surface area contributed by atoms with E-state index in [4.69, 9.17) is 9.57 Å². The molecule has 3 aromatic rings. The van der Waals surface area contributed by atoms with Crippen LogP contribution in [0.4, 0.5) is 13.2 Å². The number of benzene rings is 2. The molecule has 0 aliphatic heterocycles. The van der Waals surface area contributed by atoms with E-state index in [-0.39, 0.29) is 18.3 Å². The largest absolute Gasteiger partial charge is 0.467 e. The molecule has 1 heterocycles. The number of alkyl halides is 3. The second-order valence-corrected chi connectivity index (χ2v) is 6.39. The Labute approximate surface area is 170 Å². The number of aryl methyl sites for hydroxylation is 1. The Morgan fingerprint density at radius 3 is 2.60 bits per heavy atom. The minimum absolute atomic E-state index is 0.0169. The van der Waals surface area contributed by atoms with Gasteiger partial charge in [-0.3, -0.25) is 0 Å². The number of methoxy groups -OCH3 is 1. The summed E-state index contributed by atoms with van der Waals surface area (Å²) in [6, 6.07) is 11.9. The number of hydrogen-bond acceptors (Lipinski definition) is 5. The molecular formula is C20H19F3N4O3. The van der Waals surface area contributed by atoms with E-state index < -0.39 is 17.4 Å². The fourth-order valence-electron chi connectivity index (χ4n) is 2.80. The van der Waals surface area contributed by atoms with Crippen molar-refractivity contribution in [3.63, 3.8) is 0 Å². The van der Waals surface area contributed by atoms with Crippen LogP contribution in [-0.2, 0) is 24.7 Å². The molecule has 0 aliphatic rings. The van der Waals surface area contributed by atoms with Gasteiger partial charge in [0, 0.05) is 12.6 Å². The zero-order valence-corrected chi connectivity index (χ0v) is 16.5. The lowest BCUT2D eigenvalue weighted by Crippen LogP contribution is -2.22. The van der Waals surface area contributed by atoms with Crippen LogP contribution in [-0.4, -0.2) is 27.2 Å². The Balaban J connectivity index is 1.84. The highest BCUT2D eigenvalue weighted by atomic mass is 19.4. The maximum absolute atomic E-state index is 12.9. The first-order valence-electron chi connectivity index (χ1n) is 8.85. The molecule has 0 saturated carbocycles. The smallest absolute Gasteiger partial charge is 0.416 e. The first kappa shape index (κ1) is 21.2. The lowest BCUT2D eigenvalue weighted by Gasteiger charge is -2.11. The van der Waals surface area contributed by atoms with Crippen molar-refractivity contribution in [2.24, 2.45) is 12.2 Å². The molecule has 0 spiro atoms. The van der Waals surface area contributed by atoms with Gasteiger partial charge in [-0.2, -0.15) is 13.2 Å². The Bertz CT molecular complexity index is 1130. The van der Waals surface area contributed by atoms with Crippen molar-refractivity contribution in [3.8, 4) is 11.7 Å². The summed E-state index contributed by atoms with van der Waals surface area (Å²) in [6.07, 6.45) is -4.44. The van der Waals surface area contributed by atoms with Gasteiger partial charge in [-0.05, 0) is 30.7 Å². The molecule has 0 amide bonds. The topological polar surface area (TPSA) is 70.6 Å². The third kappa shape index (κ3) is 4.37. The van der Waals surface area contributed by atoms with Gasteiger partial charge >= 0.3 is 17.9 Å². The second kappa shape index (κ2) is 8.44. The number of rotatable bonds is 6. The maximum atomic E-state index is 12.9. The molecule has 0 N–H and O–H groups in total. The molecule has 0 saturated heterocycles. The van der Waals surface area contributed by atoms with Crippen molar-refractivity contribution in [1.82, 2.24) is 14.3 Å². The van der Waals surface area contributed by atoms with E-state index in [0.717, 1.165) is 16.8 Å². The molecular weight excluding hydrogens is 401 g/mol. The molecule has 0 fully saturated rings. The first-order chi connectivity index (χ1) is 14.2. The van der Waals surface area contributed by atoms with Gasteiger partial charge in [-0.1, -0.05) is 35.5 Å². The molecule has 0 atom stereocenters. The van der Waals surface area contributed by atoms with Gasteiger partial charge in [0.25, 0.3) is 0 Å². The highest BCUT2D eigenvalue weighted by Gasteiger charge is 2.30. The molecule has 0 bridgehead atoms. The zero-order chi connectivity index (χ0) is 21.9. The number of aromatic nitrogens is 3. The SMILES string of the molecule is COc1nn(C)c(=O)n1-c1ccccc1CO/N=C(\C)c1cccc(C(F)(F)F)c1. The van der Waals surface area contributed by atoms with Crippen LogP contribution < -0.4 is 10.4 Å². The molecule has 0 aliphatic carbocycles. The summed E-state index contributed by atoms with van der Waals surface area (Å²) < 4.78 is 46.3. The van der Waals surface area contributed by atoms with E-state index >= 15 is 0 Å². The lowest BCUT2D eigenvalue weighted by molar-refractivity contribution is -0.137. The Morgan fingerprint density at radius 1 is 1.17 bits per heavy atom. The van der Waals surface area contributed by atoms with Crippen LogP contribution in [0.1, 0.15) is 23.6 Å². The number of oxime groups is 1. The highest BCUT2D eigenvalue weighted by molar-refractivity contribution is 5.98. The normalized spacial score (nSPS) is 12.1. The lowest BCUT2D eigenvalue weighted by atomic mass is 10.1. The van der Waals surface area contributed by atoms with Crippen molar-refractivity contribution in [1.29, 1.82) is 0 Å². The molecule has 158 valence electrons. The fourth-order valence-corrected chi connectivity index (χ4v) is 2.80. The van der Waals surface area contributed by atoms with Gasteiger partial charge in [0.15, 0.2) is 0 Å². The van der Waals surface area contributed by atoms with Crippen molar-refractivity contribution >= 4 is 5.71 Å². The van der Waals surface area contributed by atoms with E-state index in [0.29, 0.717) is 16.8 Å². The van der Waals surface area contributed by atoms with Crippen LogP contribution in [0.5, 0.6) is 6.01 Å². The maximum Gasteiger partial charge on any atom is 0.416 e. The van der Waals surface area contributed by atoms with Crippen molar-refractivity contribution in [3.05, 3.63) is 75.7 Å². The standard InChI is InChI=1S/C20H19F3N4O3/c1-13(14-8-6-9-16(11-14)20(21,22)23)25-30-12-15-7-4-5-10-17(15)27-18(29-3)24-26(2)19(27)28/h4-11H,12H2,1-3H3/b25-13+. The summed E-state index contributed by atoms with van der Waals surface area (Å²) in [6.45, 7) is 1.53. The average molecular weight is 420 g/mol. The first-order valence-corrected chi connectivity index (χ1v) is 8.85. The van der Waals surface area contributed by atoms with Gasteiger partial charge in [0.1, 0.15) is 6.61 Å². The average Bonchev–Trinajstić information content (AvgIpc) is 3.01. The van der Waals surface area contributed by atoms with E-state index in [1.165, 1.54) is 30.9 Å². The zero-order valence-electron chi connectivity index (χ0n) is 16.5. The molecule has 30 heavy (non-hydrogen) atoms. The predicted octanol–water partition coefficient (Wildman–Crippen LogP) is 3.54. The third-order valence-corrected chi connectivity index (χ3v) is 4.34. The third-order valence-electron chi connectivity index (χ3n) is 4.34. The van der Waals surface area contributed by atoms with Crippen LogP contribution in [0.2, 0.25) is 0 Å². The molecule has 2 aromatic carbocycles. The number of hydrogen-bond donors (Lipinski definition) is 0. The predicted molar refractivity (Wildman–Crippen MR) is 104 cm³/mol. The van der Waals surface area contributed by atoms with E-state index in [2.05, 4.69) is 10.3 Å². The Kier molecular flexibility index (Phi) is 5.95. The van der Waals surface area contributed by atoms with Crippen LogP contribution >= 0.6 is 0 Å². The summed E-state index contributed by atoms with van der Waals surface area (Å²) in [4.78, 5) is 17.8.